The molecule has 2 heteroatoms. The monoisotopic (exact) mass is 245 g/mol. The summed E-state index contributed by atoms with van der Waals surface area (Å²) < 4.78 is 0. The molecule has 2 nitrogen and oxygen atoms in total. The van der Waals surface area contributed by atoms with Gasteiger partial charge in [0.2, 0.25) is 5.91 Å². The maximum Gasteiger partial charge on any atom is 0.225 e. The van der Waals surface area contributed by atoms with E-state index in [1.807, 2.05) is 13.0 Å². The number of hydrogen-bond acceptors (Lipinski definition) is 1. The van der Waals surface area contributed by atoms with Crippen molar-refractivity contribution in [2.24, 2.45) is 5.92 Å². The van der Waals surface area contributed by atoms with Crippen molar-refractivity contribution in [2.75, 3.05) is 6.54 Å². The van der Waals surface area contributed by atoms with Crippen LogP contribution in [-0.4, -0.2) is 23.4 Å². The summed E-state index contributed by atoms with van der Waals surface area (Å²) >= 11 is 0. The van der Waals surface area contributed by atoms with Crippen LogP contribution < -0.4 is 0 Å². The SMILES string of the molecule is CCC(C)C(=O)N1CCCC1Cc1ccccc1. The molecule has 2 atom stereocenters. The second-order valence-corrected chi connectivity index (χ2v) is 5.33. The van der Waals surface area contributed by atoms with Crippen molar-refractivity contribution in [2.45, 2.75) is 45.6 Å². The average Bonchev–Trinajstić information content (AvgIpc) is 2.86. The third-order valence-corrected chi connectivity index (χ3v) is 4.01. The molecule has 1 aliphatic rings. The van der Waals surface area contributed by atoms with Crippen LogP contribution in [0.4, 0.5) is 0 Å². The van der Waals surface area contributed by atoms with Crippen LogP contribution in [0.15, 0.2) is 30.3 Å². The second kappa shape index (κ2) is 6.03. The van der Waals surface area contributed by atoms with Gasteiger partial charge in [-0.05, 0) is 31.2 Å². The molecule has 2 unspecified atom stereocenters. The first-order valence-corrected chi connectivity index (χ1v) is 7.06. The summed E-state index contributed by atoms with van der Waals surface area (Å²) in [6.07, 6.45) is 4.24. The zero-order valence-corrected chi connectivity index (χ0v) is 11.4. The Hall–Kier alpha value is -1.31. The summed E-state index contributed by atoms with van der Waals surface area (Å²) in [6.45, 7) is 5.08. The van der Waals surface area contributed by atoms with Crippen LogP contribution in [0.25, 0.3) is 0 Å². The van der Waals surface area contributed by atoms with E-state index in [9.17, 15) is 4.79 Å². The molecule has 1 fully saturated rings. The quantitative estimate of drug-likeness (QED) is 0.797. The van der Waals surface area contributed by atoms with Gasteiger partial charge in [0.1, 0.15) is 0 Å². The van der Waals surface area contributed by atoms with E-state index in [4.69, 9.17) is 0 Å². The highest BCUT2D eigenvalue weighted by atomic mass is 16.2. The van der Waals surface area contributed by atoms with Crippen LogP contribution in [0.3, 0.4) is 0 Å². The number of carbonyl (C=O) groups excluding carboxylic acids is 1. The predicted molar refractivity (Wildman–Crippen MR) is 74.3 cm³/mol. The van der Waals surface area contributed by atoms with E-state index in [1.165, 1.54) is 5.56 Å². The molecule has 1 saturated heterocycles. The van der Waals surface area contributed by atoms with E-state index < -0.39 is 0 Å². The largest absolute Gasteiger partial charge is 0.339 e. The van der Waals surface area contributed by atoms with E-state index in [-0.39, 0.29) is 5.92 Å². The average molecular weight is 245 g/mol. The highest BCUT2D eigenvalue weighted by Gasteiger charge is 2.30. The number of rotatable bonds is 4. The van der Waals surface area contributed by atoms with E-state index >= 15 is 0 Å². The fourth-order valence-corrected chi connectivity index (χ4v) is 2.68. The van der Waals surface area contributed by atoms with Gasteiger partial charge in [-0.1, -0.05) is 44.2 Å². The second-order valence-electron chi connectivity index (χ2n) is 5.33. The predicted octanol–water partition coefficient (Wildman–Crippen LogP) is 3.27. The van der Waals surface area contributed by atoms with Gasteiger partial charge in [0.05, 0.1) is 0 Å². The van der Waals surface area contributed by atoms with Crippen LogP contribution in [0.2, 0.25) is 0 Å². The molecule has 1 heterocycles. The first-order valence-electron chi connectivity index (χ1n) is 7.06. The minimum Gasteiger partial charge on any atom is -0.339 e. The zero-order valence-electron chi connectivity index (χ0n) is 11.4. The summed E-state index contributed by atoms with van der Waals surface area (Å²) in [6, 6.07) is 10.9. The Morgan fingerprint density at radius 2 is 2.11 bits per heavy atom. The normalized spacial score (nSPS) is 21.0. The minimum absolute atomic E-state index is 0.168. The van der Waals surface area contributed by atoms with Gasteiger partial charge in [-0.25, -0.2) is 0 Å². The fraction of sp³-hybridized carbons (Fsp3) is 0.562. The molecule has 2 rings (SSSR count). The third kappa shape index (κ3) is 2.92. The van der Waals surface area contributed by atoms with Crippen LogP contribution >= 0.6 is 0 Å². The maximum atomic E-state index is 12.3. The van der Waals surface area contributed by atoms with E-state index in [0.29, 0.717) is 11.9 Å². The molecule has 0 spiro atoms. The lowest BCUT2D eigenvalue weighted by molar-refractivity contribution is -0.135. The molecule has 18 heavy (non-hydrogen) atoms. The van der Waals surface area contributed by atoms with Gasteiger partial charge in [-0.3, -0.25) is 4.79 Å². The number of carbonyl (C=O) groups is 1. The molecule has 0 aromatic heterocycles. The number of amides is 1. The molecule has 0 aliphatic carbocycles. The molecular formula is C16H23NO. The Labute approximate surface area is 110 Å². The Morgan fingerprint density at radius 1 is 1.39 bits per heavy atom. The number of hydrogen-bond donors (Lipinski definition) is 0. The third-order valence-electron chi connectivity index (χ3n) is 4.01. The Balaban J connectivity index is 2.02. The van der Waals surface area contributed by atoms with Crippen LogP contribution in [-0.2, 0) is 11.2 Å². The topological polar surface area (TPSA) is 20.3 Å². The van der Waals surface area contributed by atoms with Gasteiger partial charge in [0.15, 0.2) is 0 Å². The van der Waals surface area contributed by atoms with Crippen molar-refractivity contribution in [3.05, 3.63) is 35.9 Å². The van der Waals surface area contributed by atoms with Crippen molar-refractivity contribution < 1.29 is 4.79 Å². The summed E-state index contributed by atoms with van der Waals surface area (Å²) in [5.74, 6) is 0.511. The molecule has 0 bridgehead atoms. The van der Waals surface area contributed by atoms with Gasteiger partial charge in [0, 0.05) is 18.5 Å². The van der Waals surface area contributed by atoms with Gasteiger partial charge >= 0.3 is 0 Å². The Bertz CT molecular complexity index is 387. The van der Waals surface area contributed by atoms with Gasteiger partial charge in [0.25, 0.3) is 0 Å². The smallest absolute Gasteiger partial charge is 0.225 e. The maximum absolute atomic E-state index is 12.3. The minimum atomic E-state index is 0.168. The first kappa shape index (κ1) is 13.1. The van der Waals surface area contributed by atoms with E-state index in [0.717, 1.165) is 32.2 Å². The molecule has 0 saturated carbocycles. The summed E-state index contributed by atoms with van der Waals surface area (Å²) in [5.41, 5.74) is 1.34. The zero-order chi connectivity index (χ0) is 13.0. The van der Waals surface area contributed by atoms with Crippen LogP contribution in [0, 0.1) is 5.92 Å². The van der Waals surface area contributed by atoms with E-state index in [1.54, 1.807) is 0 Å². The van der Waals surface area contributed by atoms with Gasteiger partial charge in [-0.15, -0.1) is 0 Å². The molecule has 1 aromatic rings. The Morgan fingerprint density at radius 3 is 2.78 bits per heavy atom. The number of nitrogens with zero attached hydrogens (tertiary/aromatic N) is 1. The lowest BCUT2D eigenvalue weighted by Crippen LogP contribution is -2.39. The summed E-state index contributed by atoms with van der Waals surface area (Å²) in [5, 5.41) is 0. The van der Waals surface area contributed by atoms with Gasteiger partial charge < -0.3 is 4.90 Å². The Kier molecular flexibility index (Phi) is 4.40. The lowest BCUT2D eigenvalue weighted by Gasteiger charge is -2.27. The highest BCUT2D eigenvalue weighted by Crippen LogP contribution is 2.23. The molecule has 1 amide bonds. The summed E-state index contributed by atoms with van der Waals surface area (Å²) in [7, 11) is 0. The van der Waals surface area contributed by atoms with Crippen molar-refractivity contribution in [1.29, 1.82) is 0 Å². The van der Waals surface area contributed by atoms with Crippen molar-refractivity contribution in [3.63, 3.8) is 0 Å². The molecule has 0 radical (unpaired) electrons. The first-order chi connectivity index (χ1) is 8.72. The molecule has 1 aliphatic heterocycles. The van der Waals surface area contributed by atoms with Gasteiger partial charge in [-0.2, -0.15) is 0 Å². The van der Waals surface area contributed by atoms with E-state index in [2.05, 4.69) is 36.1 Å². The number of benzene rings is 1. The van der Waals surface area contributed by atoms with Crippen molar-refractivity contribution >= 4 is 5.91 Å². The van der Waals surface area contributed by atoms with Crippen molar-refractivity contribution in [3.8, 4) is 0 Å². The molecule has 0 N–H and O–H groups in total. The molecular weight excluding hydrogens is 222 g/mol. The van der Waals surface area contributed by atoms with Crippen LogP contribution in [0.5, 0.6) is 0 Å². The summed E-state index contributed by atoms with van der Waals surface area (Å²) in [4.78, 5) is 14.4. The highest BCUT2D eigenvalue weighted by molar-refractivity contribution is 5.79. The van der Waals surface area contributed by atoms with Crippen LogP contribution in [0.1, 0.15) is 38.7 Å². The molecule has 1 aromatic carbocycles. The molecule has 98 valence electrons. The number of likely N-dealkylation sites (tertiary alicyclic amines) is 1. The standard InChI is InChI=1S/C16H23NO/c1-3-13(2)16(18)17-11-7-10-15(17)12-14-8-5-4-6-9-14/h4-6,8-9,13,15H,3,7,10-12H2,1-2H3. The van der Waals surface area contributed by atoms with Crippen molar-refractivity contribution in [1.82, 2.24) is 4.90 Å². The lowest BCUT2D eigenvalue weighted by atomic mass is 10.0. The fourth-order valence-electron chi connectivity index (χ4n) is 2.68.